The van der Waals surface area contributed by atoms with Crippen molar-refractivity contribution in [2.75, 3.05) is 0 Å². The molecule has 1 rings (SSSR count). The third-order valence-electron chi connectivity index (χ3n) is 2.96. The molecule has 2 unspecified atom stereocenters. The van der Waals surface area contributed by atoms with E-state index in [1.54, 1.807) is 5.01 Å². The van der Waals surface area contributed by atoms with Gasteiger partial charge in [-0.05, 0) is 12.8 Å². The van der Waals surface area contributed by atoms with Gasteiger partial charge in [0, 0.05) is 6.42 Å². The Morgan fingerprint density at radius 2 is 1.93 bits per heavy atom. The van der Waals surface area contributed by atoms with Gasteiger partial charge < -0.3 is 0 Å². The summed E-state index contributed by atoms with van der Waals surface area (Å²) in [4.78, 5) is 4.46. The van der Waals surface area contributed by atoms with Crippen LogP contribution in [0.4, 0.5) is 0 Å². The second-order valence-corrected chi connectivity index (χ2v) is 3.80. The standard InChI is InChI=1S/C9H22N6/c1-4-7-13-8(5-2)15(12)9(10,6-3)14(7)11/h7H,4-6,10-12H2,1-3H3. The Labute approximate surface area is 91.0 Å². The summed E-state index contributed by atoms with van der Waals surface area (Å²) in [6.45, 7) is 6.00. The number of hydrogen-bond acceptors (Lipinski definition) is 6. The lowest BCUT2D eigenvalue weighted by Crippen LogP contribution is -2.76. The molecule has 2 atom stereocenters. The Kier molecular flexibility index (Phi) is 3.67. The zero-order valence-electron chi connectivity index (χ0n) is 9.77. The fourth-order valence-corrected chi connectivity index (χ4v) is 1.80. The van der Waals surface area contributed by atoms with E-state index in [1.165, 1.54) is 5.01 Å². The van der Waals surface area contributed by atoms with Gasteiger partial charge in [0.05, 0.1) is 0 Å². The van der Waals surface area contributed by atoms with Gasteiger partial charge >= 0.3 is 0 Å². The minimum atomic E-state index is -0.826. The van der Waals surface area contributed by atoms with Crippen molar-refractivity contribution in [3.8, 4) is 0 Å². The first kappa shape index (κ1) is 12.4. The summed E-state index contributed by atoms with van der Waals surface area (Å²) in [6.07, 6.45) is 2.16. The molecule has 0 bridgehead atoms. The van der Waals surface area contributed by atoms with E-state index in [2.05, 4.69) is 4.99 Å². The maximum absolute atomic E-state index is 6.20. The van der Waals surface area contributed by atoms with Gasteiger partial charge in [0.25, 0.3) is 0 Å². The van der Waals surface area contributed by atoms with Crippen LogP contribution in [-0.2, 0) is 0 Å². The molecular weight excluding hydrogens is 192 g/mol. The van der Waals surface area contributed by atoms with E-state index in [0.29, 0.717) is 6.42 Å². The lowest BCUT2D eigenvalue weighted by Gasteiger charge is -2.49. The summed E-state index contributed by atoms with van der Waals surface area (Å²) in [7, 11) is 0. The van der Waals surface area contributed by atoms with Crippen molar-refractivity contribution in [2.45, 2.75) is 52.0 Å². The Morgan fingerprint density at radius 1 is 1.33 bits per heavy atom. The maximum Gasteiger partial charge on any atom is 0.175 e. The van der Waals surface area contributed by atoms with Gasteiger partial charge in [0.1, 0.15) is 12.0 Å². The number of nitrogens with zero attached hydrogens (tertiary/aromatic N) is 3. The zero-order valence-corrected chi connectivity index (χ0v) is 9.77. The van der Waals surface area contributed by atoms with E-state index in [4.69, 9.17) is 17.4 Å². The van der Waals surface area contributed by atoms with Crippen molar-refractivity contribution in [3.05, 3.63) is 0 Å². The molecule has 15 heavy (non-hydrogen) atoms. The predicted molar refractivity (Wildman–Crippen MR) is 61.1 cm³/mol. The third kappa shape index (κ3) is 1.85. The van der Waals surface area contributed by atoms with E-state index in [0.717, 1.165) is 18.7 Å². The molecule has 0 aliphatic carbocycles. The number of amidine groups is 1. The fourth-order valence-electron chi connectivity index (χ4n) is 1.80. The smallest absolute Gasteiger partial charge is 0.175 e. The van der Waals surface area contributed by atoms with E-state index in [1.807, 2.05) is 20.8 Å². The van der Waals surface area contributed by atoms with Crippen molar-refractivity contribution >= 4 is 5.84 Å². The molecule has 6 nitrogen and oxygen atoms in total. The van der Waals surface area contributed by atoms with Crippen LogP contribution in [0.3, 0.4) is 0 Å². The highest BCUT2D eigenvalue weighted by Crippen LogP contribution is 2.23. The van der Waals surface area contributed by atoms with Crippen LogP contribution in [0.2, 0.25) is 0 Å². The molecular formula is C9H22N6. The first-order valence-corrected chi connectivity index (χ1v) is 5.45. The molecule has 0 saturated carbocycles. The van der Waals surface area contributed by atoms with Gasteiger partial charge in [0.2, 0.25) is 0 Å². The van der Waals surface area contributed by atoms with Gasteiger partial charge in [0.15, 0.2) is 5.79 Å². The molecule has 0 aromatic heterocycles. The lowest BCUT2D eigenvalue weighted by atomic mass is 10.1. The van der Waals surface area contributed by atoms with Crippen molar-refractivity contribution in [2.24, 2.45) is 22.4 Å². The summed E-state index contributed by atoms with van der Waals surface area (Å²) in [6, 6.07) is 0. The monoisotopic (exact) mass is 214 g/mol. The first-order chi connectivity index (χ1) is 7.01. The number of nitrogens with two attached hydrogens (primary N) is 3. The van der Waals surface area contributed by atoms with Crippen LogP contribution in [0.5, 0.6) is 0 Å². The zero-order chi connectivity index (χ0) is 11.6. The van der Waals surface area contributed by atoms with Crippen molar-refractivity contribution in [1.29, 1.82) is 0 Å². The summed E-state index contributed by atoms with van der Waals surface area (Å²) < 4.78 is 0. The van der Waals surface area contributed by atoms with Crippen LogP contribution in [0.15, 0.2) is 4.99 Å². The second kappa shape index (κ2) is 4.44. The molecule has 1 heterocycles. The fraction of sp³-hybridized carbons (Fsp3) is 0.889. The largest absolute Gasteiger partial charge is 0.294 e. The van der Waals surface area contributed by atoms with Crippen LogP contribution in [-0.4, -0.2) is 27.8 Å². The third-order valence-corrected chi connectivity index (χ3v) is 2.96. The van der Waals surface area contributed by atoms with Crippen molar-refractivity contribution in [1.82, 2.24) is 10.0 Å². The van der Waals surface area contributed by atoms with Crippen LogP contribution in [0.25, 0.3) is 0 Å². The van der Waals surface area contributed by atoms with Gasteiger partial charge in [-0.15, -0.1) is 0 Å². The molecule has 0 saturated heterocycles. The number of aliphatic imine (C=N–C) groups is 1. The Bertz CT molecular complexity index is 253. The van der Waals surface area contributed by atoms with Crippen LogP contribution < -0.4 is 17.4 Å². The van der Waals surface area contributed by atoms with Gasteiger partial charge in [-0.25, -0.2) is 5.84 Å². The molecule has 88 valence electrons. The van der Waals surface area contributed by atoms with Crippen molar-refractivity contribution in [3.63, 3.8) is 0 Å². The minimum Gasteiger partial charge on any atom is -0.294 e. The summed E-state index contributed by atoms with van der Waals surface area (Å²) >= 11 is 0. The number of hydrazine groups is 2. The summed E-state index contributed by atoms with van der Waals surface area (Å²) in [5.74, 6) is 11.9. The average Bonchev–Trinajstić information content (AvgIpc) is 2.26. The minimum absolute atomic E-state index is 0.0790. The SMILES string of the molecule is CCC1=NC(CC)N(N)C(N)(CC)N1N. The number of hydrogen-bond donors (Lipinski definition) is 3. The lowest BCUT2D eigenvalue weighted by molar-refractivity contribution is -0.0644. The highest BCUT2D eigenvalue weighted by molar-refractivity contribution is 5.82. The number of rotatable bonds is 3. The molecule has 1 aliphatic heterocycles. The maximum atomic E-state index is 6.20. The topological polar surface area (TPSA) is 96.9 Å². The molecule has 0 spiro atoms. The van der Waals surface area contributed by atoms with Gasteiger partial charge in [-0.1, -0.05) is 20.8 Å². The van der Waals surface area contributed by atoms with Crippen LogP contribution in [0, 0.1) is 0 Å². The van der Waals surface area contributed by atoms with Gasteiger partial charge in [-0.3, -0.25) is 21.6 Å². The molecule has 6 N–H and O–H groups in total. The Balaban J connectivity index is 3.07. The summed E-state index contributed by atoms with van der Waals surface area (Å²) in [5, 5.41) is 3.03. The molecule has 6 heteroatoms. The highest BCUT2D eigenvalue weighted by atomic mass is 15.7. The van der Waals surface area contributed by atoms with Crippen LogP contribution in [0.1, 0.15) is 40.0 Å². The highest BCUT2D eigenvalue weighted by Gasteiger charge is 2.42. The molecule has 1 aliphatic rings. The Hall–Kier alpha value is -0.690. The average molecular weight is 214 g/mol. The normalized spacial score (nSPS) is 33.1. The predicted octanol–water partition coefficient (Wildman–Crippen LogP) is -0.0815. The Morgan fingerprint density at radius 3 is 2.33 bits per heavy atom. The molecule has 0 amide bonds. The summed E-state index contributed by atoms with van der Waals surface area (Å²) in [5.41, 5.74) is 6.20. The van der Waals surface area contributed by atoms with E-state index in [-0.39, 0.29) is 6.17 Å². The molecule has 0 fully saturated rings. The van der Waals surface area contributed by atoms with E-state index < -0.39 is 5.79 Å². The van der Waals surface area contributed by atoms with E-state index in [9.17, 15) is 0 Å². The molecule has 0 radical (unpaired) electrons. The van der Waals surface area contributed by atoms with Crippen LogP contribution >= 0.6 is 0 Å². The first-order valence-electron chi connectivity index (χ1n) is 5.45. The molecule has 0 aromatic rings. The van der Waals surface area contributed by atoms with Gasteiger partial charge in [-0.2, -0.15) is 5.01 Å². The second-order valence-electron chi connectivity index (χ2n) is 3.80. The van der Waals surface area contributed by atoms with E-state index >= 15 is 0 Å². The molecule has 0 aromatic carbocycles. The van der Waals surface area contributed by atoms with Crippen molar-refractivity contribution < 1.29 is 0 Å². The quantitative estimate of drug-likeness (QED) is 0.571.